The molecule has 1 N–H and O–H groups in total. The average Bonchev–Trinajstić information content (AvgIpc) is 3.33. The Balaban J connectivity index is 1.44. The minimum atomic E-state index is -0.209. The molecule has 1 aliphatic heterocycles. The molecule has 32 heavy (non-hydrogen) atoms. The molecule has 1 saturated heterocycles. The van der Waals surface area contributed by atoms with Gasteiger partial charge in [0, 0.05) is 42.4 Å². The van der Waals surface area contributed by atoms with Gasteiger partial charge in [-0.05, 0) is 47.4 Å². The molecule has 5 rings (SSSR count). The molecule has 1 aliphatic rings. The molecule has 7 heteroatoms. The Morgan fingerprint density at radius 1 is 1.06 bits per heavy atom. The predicted molar refractivity (Wildman–Crippen MR) is 122 cm³/mol. The van der Waals surface area contributed by atoms with E-state index in [0.29, 0.717) is 17.9 Å². The molecule has 1 fully saturated rings. The molecule has 2 aromatic carbocycles. The summed E-state index contributed by atoms with van der Waals surface area (Å²) in [6, 6.07) is 17.0. The van der Waals surface area contributed by atoms with Gasteiger partial charge in [-0.2, -0.15) is 0 Å². The minimum Gasteiger partial charge on any atom is -0.345 e. The van der Waals surface area contributed by atoms with E-state index in [0.717, 1.165) is 47.0 Å². The average molecular weight is 423 g/mol. The van der Waals surface area contributed by atoms with Crippen LogP contribution in [-0.4, -0.2) is 45.3 Å². The van der Waals surface area contributed by atoms with Crippen LogP contribution in [0, 0.1) is 0 Å². The zero-order valence-electron chi connectivity index (χ0n) is 17.3. The van der Waals surface area contributed by atoms with Crippen molar-refractivity contribution in [3.8, 4) is 11.1 Å². The Labute approximate surface area is 185 Å². The van der Waals surface area contributed by atoms with Crippen molar-refractivity contribution < 1.29 is 9.59 Å². The number of carbonyl (C=O) groups excluding carboxylic acids is 2. The first kappa shape index (κ1) is 19.8. The van der Waals surface area contributed by atoms with Crippen molar-refractivity contribution >= 4 is 29.0 Å². The van der Waals surface area contributed by atoms with Gasteiger partial charge in [0.05, 0.1) is 5.52 Å². The third-order valence-corrected chi connectivity index (χ3v) is 5.88. The van der Waals surface area contributed by atoms with E-state index in [1.165, 1.54) is 0 Å². The Morgan fingerprint density at radius 3 is 2.69 bits per heavy atom. The molecular weight excluding hydrogens is 402 g/mol. The molecule has 2 amide bonds. The topological polar surface area (TPSA) is 88.1 Å². The van der Waals surface area contributed by atoms with E-state index in [-0.39, 0.29) is 11.8 Å². The molecule has 0 aliphatic carbocycles. The zero-order chi connectivity index (χ0) is 21.9. The molecule has 7 nitrogen and oxygen atoms in total. The number of likely N-dealkylation sites (tertiary alicyclic amines) is 1. The van der Waals surface area contributed by atoms with Crippen molar-refractivity contribution in [1.82, 2.24) is 19.9 Å². The number of anilines is 1. The predicted octanol–water partition coefficient (Wildman–Crippen LogP) is 3.89. The first-order valence-corrected chi connectivity index (χ1v) is 10.5. The lowest BCUT2D eigenvalue weighted by Crippen LogP contribution is -2.17. The number of amides is 2. The summed E-state index contributed by atoms with van der Waals surface area (Å²) >= 11 is 0. The van der Waals surface area contributed by atoms with Gasteiger partial charge in [-0.25, -0.2) is 15.0 Å². The van der Waals surface area contributed by atoms with Gasteiger partial charge in [0.2, 0.25) is 6.41 Å². The second-order valence-corrected chi connectivity index (χ2v) is 7.82. The minimum absolute atomic E-state index is 0.209. The fraction of sp³-hybridized carbons (Fsp3) is 0.160. The summed E-state index contributed by atoms with van der Waals surface area (Å²) in [6.45, 7) is 1.48. The highest BCUT2D eigenvalue weighted by atomic mass is 16.1. The Morgan fingerprint density at radius 2 is 1.94 bits per heavy atom. The van der Waals surface area contributed by atoms with Gasteiger partial charge in [-0.3, -0.25) is 9.59 Å². The maximum Gasteiger partial charge on any atom is 0.256 e. The third kappa shape index (κ3) is 3.80. The van der Waals surface area contributed by atoms with Gasteiger partial charge in [-0.15, -0.1) is 0 Å². The van der Waals surface area contributed by atoms with E-state index in [9.17, 15) is 9.59 Å². The van der Waals surface area contributed by atoms with Crippen LogP contribution in [0.25, 0.3) is 22.0 Å². The van der Waals surface area contributed by atoms with Gasteiger partial charge in [-0.1, -0.05) is 30.3 Å². The van der Waals surface area contributed by atoms with E-state index in [4.69, 9.17) is 0 Å². The summed E-state index contributed by atoms with van der Waals surface area (Å²) in [5, 5.41) is 3.75. The van der Waals surface area contributed by atoms with Gasteiger partial charge in [0.25, 0.3) is 5.91 Å². The van der Waals surface area contributed by atoms with E-state index in [1.54, 1.807) is 41.7 Å². The fourth-order valence-electron chi connectivity index (χ4n) is 4.24. The van der Waals surface area contributed by atoms with Gasteiger partial charge < -0.3 is 10.2 Å². The van der Waals surface area contributed by atoms with Crippen molar-refractivity contribution in [2.75, 3.05) is 18.4 Å². The number of benzene rings is 2. The van der Waals surface area contributed by atoms with Crippen LogP contribution in [0.3, 0.4) is 0 Å². The van der Waals surface area contributed by atoms with E-state index >= 15 is 0 Å². The van der Waals surface area contributed by atoms with Gasteiger partial charge in [0.15, 0.2) is 0 Å². The van der Waals surface area contributed by atoms with E-state index < -0.39 is 0 Å². The summed E-state index contributed by atoms with van der Waals surface area (Å²) < 4.78 is 0. The largest absolute Gasteiger partial charge is 0.345 e. The number of nitrogens with one attached hydrogen (secondary N) is 1. The number of nitrogens with zero attached hydrogens (tertiary/aromatic N) is 4. The lowest BCUT2D eigenvalue weighted by atomic mass is 9.91. The van der Waals surface area contributed by atoms with Gasteiger partial charge >= 0.3 is 0 Å². The second-order valence-electron chi connectivity index (χ2n) is 7.82. The molecule has 0 radical (unpaired) electrons. The van der Waals surface area contributed by atoms with Crippen LogP contribution in [0.1, 0.15) is 28.3 Å². The monoisotopic (exact) mass is 423 g/mol. The fourth-order valence-corrected chi connectivity index (χ4v) is 4.24. The number of hydrogen-bond donors (Lipinski definition) is 1. The lowest BCUT2D eigenvalue weighted by Gasteiger charge is -2.15. The van der Waals surface area contributed by atoms with Crippen molar-refractivity contribution in [3.05, 3.63) is 84.4 Å². The molecular formula is C25H21N5O2. The summed E-state index contributed by atoms with van der Waals surface area (Å²) in [5.74, 6) is 0.574. The van der Waals surface area contributed by atoms with Crippen molar-refractivity contribution in [1.29, 1.82) is 0 Å². The highest BCUT2D eigenvalue weighted by molar-refractivity contribution is 6.04. The van der Waals surface area contributed by atoms with Crippen LogP contribution < -0.4 is 5.32 Å². The van der Waals surface area contributed by atoms with E-state index in [1.807, 2.05) is 24.4 Å². The maximum absolute atomic E-state index is 12.5. The Kier molecular flexibility index (Phi) is 5.29. The first-order valence-electron chi connectivity index (χ1n) is 10.5. The highest BCUT2D eigenvalue weighted by Gasteiger charge is 2.25. The van der Waals surface area contributed by atoms with Crippen LogP contribution >= 0.6 is 0 Å². The van der Waals surface area contributed by atoms with Gasteiger partial charge in [0.1, 0.15) is 12.1 Å². The van der Waals surface area contributed by atoms with E-state index in [2.05, 4.69) is 32.4 Å². The molecule has 3 heterocycles. The van der Waals surface area contributed by atoms with Crippen LogP contribution in [0.4, 0.5) is 5.82 Å². The number of aromatic nitrogens is 3. The number of hydrogen-bond acceptors (Lipinski definition) is 5. The summed E-state index contributed by atoms with van der Waals surface area (Å²) in [6.07, 6.45) is 6.87. The number of pyridine rings is 1. The summed E-state index contributed by atoms with van der Waals surface area (Å²) in [5.41, 5.74) is 4.59. The summed E-state index contributed by atoms with van der Waals surface area (Å²) in [4.78, 5) is 38.4. The first-order chi connectivity index (χ1) is 15.7. The van der Waals surface area contributed by atoms with Crippen LogP contribution in [0.2, 0.25) is 0 Å². The molecule has 4 aromatic rings. The Bertz CT molecular complexity index is 1270. The second kappa shape index (κ2) is 8.55. The van der Waals surface area contributed by atoms with Crippen LogP contribution in [0.5, 0.6) is 0 Å². The molecule has 0 spiro atoms. The van der Waals surface area contributed by atoms with Crippen molar-refractivity contribution in [2.24, 2.45) is 0 Å². The Hall–Kier alpha value is -4.13. The van der Waals surface area contributed by atoms with Crippen molar-refractivity contribution in [3.63, 3.8) is 0 Å². The number of fused-ring (bicyclic) bond motifs is 1. The van der Waals surface area contributed by atoms with Crippen molar-refractivity contribution in [2.45, 2.75) is 12.3 Å². The SMILES string of the molecule is O=CN1CCC(c2ccc(-c3ccc(C(=O)Nc4ccccn4)cc3)c3cncnc23)C1. The number of carbonyl (C=O) groups is 2. The normalized spacial score (nSPS) is 15.6. The molecule has 0 bridgehead atoms. The molecule has 1 unspecified atom stereocenters. The maximum atomic E-state index is 12.5. The van der Waals surface area contributed by atoms with Crippen LogP contribution in [-0.2, 0) is 4.79 Å². The van der Waals surface area contributed by atoms with Crippen LogP contribution in [0.15, 0.2) is 73.3 Å². The molecule has 0 saturated carbocycles. The quantitative estimate of drug-likeness (QED) is 0.492. The number of rotatable bonds is 5. The molecule has 2 aromatic heterocycles. The molecule has 158 valence electrons. The third-order valence-electron chi connectivity index (χ3n) is 5.88. The lowest BCUT2D eigenvalue weighted by molar-refractivity contribution is -0.117. The smallest absolute Gasteiger partial charge is 0.256 e. The standard InChI is InChI=1S/C25H21N5O2/c31-16-30-12-10-19(14-30)21-9-8-20(22-13-26-15-28-24(21)22)17-4-6-18(7-5-17)25(32)29-23-3-1-2-11-27-23/h1-9,11,13,15-16,19H,10,12,14H2,(H,27,29,32). The molecule has 1 atom stereocenters. The zero-order valence-corrected chi connectivity index (χ0v) is 17.3. The highest BCUT2D eigenvalue weighted by Crippen LogP contribution is 2.35. The summed E-state index contributed by atoms with van der Waals surface area (Å²) in [7, 11) is 0.